The third kappa shape index (κ3) is 2.31. The third-order valence-electron chi connectivity index (χ3n) is 2.97. The Kier molecular flexibility index (Phi) is 3.40. The van der Waals surface area contributed by atoms with Crippen molar-refractivity contribution in [3.8, 4) is 5.75 Å². The van der Waals surface area contributed by atoms with E-state index in [-0.39, 0.29) is 0 Å². The van der Waals surface area contributed by atoms with Gasteiger partial charge in [0, 0.05) is 4.88 Å². The van der Waals surface area contributed by atoms with E-state index >= 15 is 0 Å². The molecule has 0 radical (unpaired) electrons. The molecule has 0 saturated heterocycles. The fourth-order valence-corrected chi connectivity index (χ4v) is 3.10. The molecular formula is C14H14N2OS2. The monoisotopic (exact) mass is 290 g/mol. The number of hydrogen-bond acceptors (Lipinski definition) is 3. The molecule has 98 valence electrons. The largest absolute Gasteiger partial charge is 0.492 e. The number of aromatic nitrogens is 2. The number of imidazole rings is 1. The minimum Gasteiger partial charge on any atom is -0.492 e. The zero-order valence-electron chi connectivity index (χ0n) is 10.6. The predicted molar refractivity (Wildman–Crippen MR) is 81.7 cm³/mol. The van der Waals surface area contributed by atoms with Crippen LogP contribution in [0.5, 0.6) is 5.75 Å². The maximum absolute atomic E-state index is 5.63. The Labute approximate surface area is 120 Å². The second-order valence-electron chi connectivity index (χ2n) is 4.18. The number of ether oxygens (including phenoxy) is 1. The lowest BCUT2D eigenvalue weighted by molar-refractivity contribution is 0.343. The summed E-state index contributed by atoms with van der Waals surface area (Å²) in [7, 11) is 0. The van der Waals surface area contributed by atoms with Crippen LogP contribution in [-0.2, 0) is 6.54 Å². The number of H-pyrrole nitrogens is 1. The zero-order valence-corrected chi connectivity index (χ0v) is 12.2. The Morgan fingerprint density at radius 1 is 1.32 bits per heavy atom. The lowest BCUT2D eigenvalue weighted by Gasteiger charge is -2.05. The van der Waals surface area contributed by atoms with E-state index in [1.165, 1.54) is 4.88 Å². The second-order valence-corrected chi connectivity index (χ2v) is 5.60. The Morgan fingerprint density at radius 3 is 2.95 bits per heavy atom. The number of benzene rings is 1. The molecule has 1 N–H and O–H groups in total. The van der Waals surface area contributed by atoms with Crippen molar-refractivity contribution in [3.63, 3.8) is 0 Å². The number of thiophene rings is 1. The van der Waals surface area contributed by atoms with E-state index in [4.69, 9.17) is 17.0 Å². The van der Waals surface area contributed by atoms with Gasteiger partial charge in [0.25, 0.3) is 0 Å². The van der Waals surface area contributed by atoms with Gasteiger partial charge in [0.05, 0.1) is 18.7 Å². The molecule has 0 unspecified atom stereocenters. The molecule has 0 bridgehead atoms. The molecule has 0 fully saturated rings. The number of nitrogens with zero attached hydrogens (tertiary/aromatic N) is 1. The van der Waals surface area contributed by atoms with Gasteiger partial charge in [0.2, 0.25) is 0 Å². The van der Waals surface area contributed by atoms with Crippen molar-refractivity contribution in [1.82, 2.24) is 9.55 Å². The number of fused-ring (bicyclic) bond motifs is 1. The van der Waals surface area contributed by atoms with Crippen LogP contribution in [0.4, 0.5) is 0 Å². The highest BCUT2D eigenvalue weighted by Crippen LogP contribution is 2.26. The molecule has 0 saturated carbocycles. The quantitative estimate of drug-likeness (QED) is 0.730. The average molecular weight is 290 g/mol. The van der Waals surface area contributed by atoms with Crippen molar-refractivity contribution < 1.29 is 4.74 Å². The summed E-state index contributed by atoms with van der Waals surface area (Å²) in [6.07, 6.45) is 0. The Hall–Kier alpha value is -1.59. The second kappa shape index (κ2) is 5.19. The van der Waals surface area contributed by atoms with Crippen LogP contribution in [0.15, 0.2) is 35.7 Å². The molecule has 0 spiro atoms. The molecule has 0 atom stereocenters. The smallest absolute Gasteiger partial charge is 0.178 e. The normalized spacial score (nSPS) is 11.0. The molecule has 0 aliphatic rings. The van der Waals surface area contributed by atoms with E-state index in [1.807, 2.05) is 19.1 Å². The molecule has 2 heterocycles. The summed E-state index contributed by atoms with van der Waals surface area (Å²) in [5, 5.41) is 2.08. The summed E-state index contributed by atoms with van der Waals surface area (Å²) >= 11 is 7.17. The first kappa shape index (κ1) is 12.4. The Balaban J connectivity index is 2.12. The van der Waals surface area contributed by atoms with E-state index in [0.717, 1.165) is 28.1 Å². The van der Waals surface area contributed by atoms with Crippen LogP contribution in [0.3, 0.4) is 0 Å². The molecule has 5 heteroatoms. The van der Waals surface area contributed by atoms with E-state index in [1.54, 1.807) is 11.3 Å². The summed E-state index contributed by atoms with van der Waals surface area (Å²) in [5.41, 5.74) is 2.07. The fourth-order valence-electron chi connectivity index (χ4n) is 2.15. The lowest BCUT2D eigenvalue weighted by Crippen LogP contribution is -1.97. The Morgan fingerprint density at radius 2 is 2.21 bits per heavy atom. The van der Waals surface area contributed by atoms with Gasteiger partial charge in [-0.15, -0.1) is 11.3 Å². The van der Waals surface area contributed by atoms with Crippen molar-refractivity contribution in [2.75, 3.05) is 6.61 Å². The van der Waals surface area contributed by atoms with E-state index in [0.29, 0.717) is 6.61 Å². The first-order chi connectivity index (χ1) is 9.29. The maximum atomic E-state index is 5.63. The third-order valence-corrected chi connectivity index (χ3v) is 4.15. The fraction of sp³-hybridized carbons (Fsp3) is 0.214. The zero-order chi connectivity index (χ0) is 13.2. The first-order valence-electron chi connectivity index (χ1n) is 6.16. The minimum atomic E-state index is 0.649. The van der Waals surface area contributed by atoms with Gasteiger partial charge in [-0.3, -0.25) is 0 Å². The van der Waals surface area contributed by atoms with Crippen molar-refractivity contribution in [2.45, 2.75) is 13.5 Å². The first-order valence-corrected chi connectivity index (χ1v) is 7.45. The molecule has 19 heavy (non-hydrogen) atoms. The topological polar surface area (TPSA) is 29.9 Å². The van der Waals surface area contributed by atoms with Crippen molar-refractivity contribution in [3.05, 3.63) is 45.4 Å². The molecule has 0 aliphatic carbocycles. The summed E-state index contributed by atoms with van der Waals surface area (Å²) in [6, 6.07) is 10.2. The molecule has 2 aromatic heterocycles. The van der Waals surface area contributed by atoms with E-state index in [9.17, 15) is 0 Å². The number of rotatable bonds is 4. The van der Waals surface area contributed by atoms with Gasteiger partial charge in [0.1, 0.15) is 11.3 Å². The molecule has 0 aliphatic heterocycles. The summed E-state index contributed by atoms with van der Waals surface area (Å²) in [5.74, 6) is 0.857. The number of para-hydroxylation sites is 1. The Bertz CT molecular complexity index is 740. The van der Waals surface area contributed by atoms with Crippen LogP contribution in [0.25, 0.3) is 11.0 Å². The van der Waals surface area contributed by atoms with Crippen LogP contribution >= 0.6 is 23.6 Å². The molecule has 3 rings (SSSR count). The van der Waals surface area contributed by atoms with Crippen LogP contribution < -0.4 is 4.74 Å². The highest BCUT2D eigenvalue weighted by atomic mass is 32.1. The van der Waals surface area contributed by atoms with Gasteiger partial charge >= 0.3 is 0 Å². The number of hydrogen-bond donors (Lipinski definition) is 1. The lowest BCUT2D eigenvalue weighted by atomic mass is 10.3. The van der Waals surface area contributed by atoms with E-state index < -0.39 is 0 Å². The van der Waals surface area contributed by atoms with Gasteiger partial charge in [0.15, 0.2) is 4.77 Å². The molecule has 3 nitrogen and oxygen atoms in total. The SMILES string of the molecule is CCOc1cccc2c1[nH]c(=S)n2Cc1cccs1. The van der Waals surface area contributed by atoms with E-state index in [2.05, 4.69) is 33.1 Å². The standard InChI is InChI=1S/C14H14N2OS2/c1-2-17-12-7-3-6-11-13(12)15-14(18)16(11)9-10-5-4-8-19-10/h3-8H,2,9H2,1H3,(H,15,18). The molecular weight excluding hydrogens is 276 g/mol. The van der Waals surface area contributed by atoms with Crippen LogP contribution in [-0.4, -0.2) is 16.2 Å². The maximum Gasteiger partial charge on any atom is 0.178 e. The highest BCUT2D eigenvalue weighted by molar-refractivity contribution is 7.71. The highest BCUT2D eigenvalue weighted by Gasteiger charge is 2.09. The molecule has 0 amide bonds. The van der Waals surface area contributed by atoms with Crippen molar-refractivity contribution in [2.24, 2.45) is 0 Å². The minimum absolute atomic E-state index is 0.649. The molecule has 3 aromatic rings. The van der Waals surface area contributed by atoms with Crippen LogP contribution in [0.2, 0.25) is 0 Å². The van der Waals surface area contributed by atoms with Gasteiger partial charge in [-0.1, -0.05) is 12.1 Å². The average Bonchev–Trinajstić information content (AvgIpc) is 3.01. The molecule has 1 aromatic carbocycles. The van der Waals surface area contributed by atoms with Gasteiger partial charge in [-0.2, -0.15) is 0 Å². The predicted octanol–water partition coefficient (Wildman–Crippen LogP) is 4.21. The number of nitrogens with one attached hydrogen (secondary N) is 1. The van der Waals surface area contributed by atoms with Gasteiger partial charge < -0.3 is 14.3 Å². The van der Waals surface area contributed by atoms with Crippen LogP contribution in [0.1, 0.15) is 11.8 Å². The summed E-state index contributed by atoms with van der Waals surface area (Å²) < 4.78 is 8.48. The van der Waals surface area contributed by atoms with Gasteiger partial charge in [-0.25, -0.2) is 0 Å². The van der Waals surface area contributed by atoms with Crippen molar-refractivity contribution in [1.29, 1.82) is 0 Å². The van der Waals surface area contributed by atoms with Crippen LogP contribution in [0, 0.1) is 4.77 Å². The summed E-state index contributed by atoms with van der Waals surface area (Å²) in [4.78, 5) is 4.54. The number of aromatic amines is 1. The van der Waals surface area contributed by atoms with Crippen molar-refractivity contribution >= 4 is 34.6 Å². The summed E-state index contributed by atoms with van der Waals surface area (Å²) in [6.45, 7) is 3.43. The van der Waals surface area contributed by atoms with Gasteiger partial charge in [-0.05, 0) is 42.7 Å².